The molecule has 0 bridgehead atoms. The summed E-state index contributed by atoms with van der Waals surface area (Å²) in [5.41, 5.74) is 0. The van der Waals surface area contributed by atoms with Crippen molar-refractivity contribution in [3.8, 4) is 0 Å². The standard InChI is InChI=1S/C4H11BrP.C4H10BrP.C4H10P.CH3.2Au/c2*1-6(2,3,4)5;1-5(2,3)4;;;/h1H2,2-4H3;1-2H2,3-4H3;1-2H2,3-4H3;1H3;;/q-1;-2;2*-1;;+3. The minimum atomic E-state index is -1.74. The molecule has 0 spiro atoms. The van der Waals surface area contributed by atoms with Gasteiger partial charge in [-0.1, -0.05) is 0 Å². The van der Waals surface area contributed by atoms with Crippen LogP contribution in [-0.4, -0.2) is 46.7 Å². The fourth-order valence-corrected chi connectivity index (χ4v) is 0. The van der Waals surface area contributed by atoms with E-state index in [1.54, 1.807) is 0 Å². The molecule has 7 heteroatoms. The first-order chi connectivity index (χ1) is 6.47. The van der Waals surface area contributed by atoms with Crippen LogP contribution in [0.3, 0.4) is 0 Å². The van der Waals surface area contributed by atoms with Crippen LogP contribution in [-0.2, 0) is 44.8 Å². The molecule has 20 heavy (non-hydrogen) atoms. The van der Waals surface area contributed by atoms with E-state index >= 15 is 0 Å². The van der Waals surface area contributed by atoms with Gasteiger partial charge in [-0.05, 0) is 13.3 Å². The van der Waals surface area contributed by atoms with Crippen LogP contribution in [0.5, 0.6) is 0 Å². The van der Waals surface area contributed by atoms with E-state index in [4.69, 9.17) is 0 Å². The van der Waals surface area contributed by atoms with Crippen molar-refractivity contribution < 1.29 is 44.8 Å². The Labute approximate surface area is 179 Å². The molecule has 0 rings (SSSR count). The third-order valence-electron chi connectivity index (χ3n) is 0. The number of hydrogen-bond donors (Lipinski definition) is 0. The minimum Gasteiger partial charge on any atom is -0.358 e. The second kappa shape index (κ2) is 12.1. The number of halogens is 2. The molecule has 0 saturated heterocycles. The molecular weight excluding hydrogens is 803 g/mol. The van der Waals surface area contributed by atoms with Crippen molar-refractivity contribution in [2.24, 2.45) is 0 Å². The van der Waals surface area contributed by atoms with Crippen LogP contribution in [0.4, 0.5) is 0 Å². The van der Waals surface area contributed by atoms with Crippen molar-refractivity contribution in [2.45, 2.75) is 0 Å². The summed E-state index contributed by atoms with van der Waals surface area (Å²) in [5, 5.41) is -3.23. The van der Waals surface area contributed by atoms with E-state index in [9.17, 15) is 0 Å². The molecule has 139 valence electrons. The van der Waals surface area contributed by atoms with Crippen LogP contribution in [0.1, 0.15) is 0 Å². The predicted octanol–water partition coefficient (Wildman–Crippen LogP) is 7.52. The maximum atomic E-state index is 3.95. The molecule has 0 atom stereocenters. The van der Waals surface area contributed by atoms with E-state index in [1.165, 1.54) is 0 Å². The Balaban J connectivity index is -0.0000000343. The summed E-state index contributed by atoms with van der Waals surface area (Å²) < 4.78 is 0. The quantitative estimate of drug-likeness (QED) is 0.135. The first-order valence-corrected chi connectivity index (χ1v) is 19.4. The molecule has 0 aliphatic heterocycles. The second-order valence-corrected chi connectivity index (χ2v) is 37.2. The van der Waals surface area contributed by atoms with Gasteiger partial charge < -0.3 is 7.43 Å². The number of hydrogen-bond acceptors (Lipinski definition) is 0. The minimum absolute atomic E-state index is 0. The van der Waals surface area contributed by atoms with E-state index in [1.807, 2.05) is 13.3 Å². The monoisotopic (exact) mass is 835 g/mol. The van der Waals surface area contributed by atoms with Crippen LogP contribution in [0.25, 0.3) is 0 Å². The van der Waals surface area contributed by atoms with Crippen LogP contribution in [0.2, 0.25) is 0 Å². The average Bonchev–Trinajstić information content (AvgIpc) is 1.33. The molecule has 0 saturated carbocycles. The molecule has 0 aromatic carbocycles. The first-order valence-electron chi connectivity index (χ1n) is 5.05. The molecule has 0 aromatic rings. The Morgan fingerprint density at radius 1 is 0.800 bits per heavy atom. The van der Waals surface area contributed by atoms with Crippen LogP contribution in [0, 0.1) is 40.8 Å². The third kappa shape index (κ3) is 671. The number of rotatable bonds is 0. The Kier molecular flexibility index (Phi) is 23.7. The topological polar surface area (TPSA) is 0 Å². The van der Waals surface area contributed by atoms with E-state index in [2.05, 4.69) is 97.6 Å². The van der Waals surface area contributed by atoms with Crippen LogP contribution < -0.4 is 0 Å². The maximum Gasteiger partial charge on any atom is -0.00471 e. The molecule has 0 N–H and O–H groups in total. The van der Waals surface area contributed by atoms with Crippen molar-refractivity contribution in [3.05, 3.63) is 40.8 Å². The van der Waals surface area contributed by atoms with Crippen LogP contribution >= 0.6 is 48.9 Å². The van der Waals surface area contributed by atoms with E-state index in [0.717, 1.165) is 0 Å². The van der Waals surface area contributed by atoms with Gasteiger partial charge in [0.1, 0.15) is 0 Å². The normalized spacial score (nSPS) is 14.5. The zero-order valence-corrected chi connectivity index (χ0v) is 24.4. The van der Waals surface area contributed by atoms with E-state index in [-0.39, 0.29) is 52.2 Å². The zero-order valence-electron chi connectivity index (χ0n) is 14.2. The Hall–Kier alpha value is 3.73. The third-order valence-corrected chi connectivity index (χ3v) is 0. The summed E-state index contributed by atoms with van der Waals surface area (Å²) >= 11 is 6.89. The smallest absolute Gasteiger partial charge is 0.00471 e. The largest absolute Gasteiger partial charge is 0.358 e. The summed E-state index contributed by atoms with van der Waals surface area (Å²) in [6, 6.07) is 0. The van der Waals surface area contributed by atoms with E-state index < -0.39 is 17.9 Å². The molecule has 0 aliphatic carbocycles. The van der Waals surface area contributed by atoms with Gasteiger partial charge in [-0.2, -0.15) is 0 Å². The second-order valence-electron chi connectivity index (χ2n) is 7.37. The average molecular weight is 837 g/mol. The van der Waals surface area contributed by atoms with Crippen molar-refractivity contribution in [2.75, 3.05) is 46.7 Å². The fraction of sp³-hybridized carbons (Fsp3) is 0.538. The van der Waals surface area contributed by atoms with Crippen LogP contribution in [0.15, 0.2) is 0 Å². The van der Waals surface area contributed by atoms with Gasteiger partial charge in [0.15, 0.2) is 0 Å². The van der Waals surface area contributed by atoms with Crippen molar-refractivity contribution >= 4 is 48.9 Å². The van der Waals surface area contributed by atoms with Crippen molar-refractivity contribution in [3.63, 3.8) is 0 Å². The molecular formula is C13H34Au2Br2P3-2. The predicted molar refractivity (Wildman–Crippen MR) is 113 cm³/mol. The zero-order chi connectivity index (χ0) is 15.4. The molecule has 0 unspecified atom stereocenters. The summed E-state index contributed by atoms with van der Waals surface area (Å²) in [4.78, 5) is 0. The van der Waals surface area contributed by atoms with Gasteiger partial charge in [0.2, 0.25) is 0 Å². The summed E-state index contributed by atoms with van der Waals surface area (Å²) in [5.74, 6) is 0. The summed E-state index contributed by atoms with van der Waals surface area (Å²) in [7, 11) is -0.889. The summed E-state index contributed by atoms with van der Waals surface area (Å²) in [6.07, 6.45) is 0. The van der Waals surface area contributed by atoms with Gasteiger partial charge in [0, 0.05) is 22.4 Å². The van der Waals surface area contributed by atoms with Gasteiger partial charge in [0.05, 0.1) is 0 Å². The SMILES string of the molecule is [Au+3].[Au].[CH2-]P(C)(C)(C)Br.[CH2-]P([CH2-])(C)(C)Br.[CH2-][P+]([CH2-])(C)C.[CH3-]. The molecule has 0 aromatic heterocycles. The fourth-order valence-electron chi connectivity index (χ4n) is 0. The molecule has 1 radical (unpaired) electrons. The van der Waals surface area contributed by atoms with Crippen molar-refractivity contribution in [1.82, 2.24) is 0 Å². The Morgan fingerprint density at radius 3 is 0.800 bits per heavy atom. The van der Waals surface area contributed by atoms with Gasteiger partial charge in [-0.3, -0.25) is 7.26 Å². The van der Waals surface area contributed by atoms with Gasteiger partial charge in [0.25, 0.3) is 0 Å². The summed E-state index contributed by atoms with van der Waals surface area (Å²) in [6.45, 7) is 33.8. The van der Waals surface area contributed by atoms with Crippen molar-refractivity contribution in [1.29, 1.82) is 0 Å². The van der Waals surface area contributed by atoms with Gasteiger partial charge in [-0.15, -0.1) is 0 Å². The Morgan fingerprint density at radius 2 is 0.800 bits per heavy atom. The first kappa shape index (κ1) is 39.0. The molecule has 0 aliphatic rings. The molecule has 0 fully saturated rings. The Bertz CT molecular complexity index is 172. The van der Waals surface area contributed by atoms with Gasteiger partial charge >= 0.3 is 117 Å². The van der Waals surface area contributed by atoms with E-state index in [0.29, 0.717) is 0 Å². The molecule has 0 heterocycles. The van der Waals surface area contributed by atoms with Gasteiger partial charge in [-0.25, -0.2) is 13.3 Å². The molecule has 0 amide bonds. The maximum absolute atomic E-state index is 3.95. The molecule has 0 nitrogen and oxygen atoms in total.